The largest absolute Gasteiger partial charge is 0.497 e. The van der Waals surface area contributed by atoms with Gasteiger partial charge in [-0.25, -0.2) is 0 Å². The fourth-order valence-electron chi connectivity index (χ4n) is 4.98. The molecule has 1 N–H and O–H groups in total. The van der Waals surface area contributed by atoms with Crippen LogP contribution in [-0.4, -0.2) is 98.2 Å². The van der Waals surface area contributed by atoms with E-state index in [1.807, 2.05) is 44.1 Å². The van der Waals surface area contributed by atoms with E-state index in [9.17, 15) is 14.4 Å². The number of benzene rings is 2. The predicted octanol–water partition coefficient (Wildman–Crippen LogP) is 2.15. The summed E-state index contributed by atoms with van der Waals surface area (Å²) in [6.45, 7) is 4.05. The van der Waals surface area contributed by atoms with Crippen LogP contribution < -0.4 is 10.1 Å². The fraction of sp³-hybridized carbons (Fsp3) is 0.464. The second-order valence-electron chi connectivity index (χ2n) is 9.93. The minimum Gasteiger partial charge on any atom is -0.497 e. The minimum atomic E-state index is -0.943. The van der Waals surface area contributed by atoms with Gasteiger partial charge in [-0.1, -0.05) is 17.7 Å². The molecule has 2 aliphatic rings. The monoisotopic (exact) mass is 508 g/mol. The number of carbonyl (C=O) groups is 3. The Balaban J connectivity index is 1.53. The Kier molecular flexibility index (Phi) is 8.14. The molecule has 4 rings (SSSR count). The smallest absolute Gasteiger partial charge is 0.256 e. The summed E-state index contributed by atoms with van der Waals surface area (Å²) < 4.78 is 11.5. The fourth-order valence-corrected chi connectivity index (χ4v) is 4.98. The molecule has 1 spiro atoms. The van der Waals surface area contributed by atoms with Crippen molar-refractivity contribution in [1.82, 2.24) is 20.0 Å². The zero-order valence-corrected chi connectivity index (χ0v) is 22.0. The Morgan fingerprint density at radius 2 is 1.76 bits per heavy atom. The number of nitrogens with zero attached hydrogens (tertiary/aromatic N) is 3. The predicted molar refractivity (Wildman–Crippen MR) is 140 cm³/mol. The van der Waals surface area contributed by atoms with Crippen molar-refractivity contribution in [1.29, 1.82) is 0 Å². The second kappa shape index (κ2) is 11.3. The molecule has 2 aliphatic heterocycles. The Morgan fingerprint density at radius 3 is 2.38 bits per heavy atom. The summed E-state index contributed by atoms with van der Waals surface area (Å²) in [4.78, 5) is 45.5. The molecule has 37 heavy (non-hydrogen) atoms. The van der Waals surface area contributed by atoms with Crippen molar-refractivity contribution in [2.45, 2.75) is 31.5 Å². The topological polar surface area (TPSA) is 91.4 Å². The Bertz CT molecular complexity index is 1130. The lowest BCUT2D eigenvalue weighted by Gasteiger charge is -2.44. The molecule has 0 saturated carbocycles. The van der Waals surface area contributed by atoms with Crippen LogP contribution in [0.5, 0.6) is 5.75 Å². The normalized spacial score (nSPS) is 18.8. The Hall–Kier alpha value is -3.43. The van der Waals surface area contributed by atoms with E-state index in [-0.39, 0.29) is 24.3 Å². The van der Waals surface area contributed by atoms with Crippen molar-refractivity contribution in [3.63, 3.8) is 0 Å². The minimum absolute atomic E-state index is 0.0787. The number of hydrogen-bond acceptors (Lipinski definition) is 6. The number of aryl methyl sites for hydroxylation is 1. The first-order valence-electron chi connectivity index (χ1n) is 12.6. The summed E-state index contributed by atoms with van der Waals surface area (Å²) in [5.41, 5.74) is 1.12. The van der Waals surface area contributed by atoms with Gasteiger partial charge in [0.1, 0.15) is 17.5 Å². The Morgan fingerprint density at radius 1 is 1.05 bits per heavy atom. The molecule has 198 valence electrons. The van der Waals surface area contributed by atoms with Gasteiger partial charge in [0, 0.05) is 50.1 Å². The van der Waals surface area contributed by atoms with Crippen LogP contribution in [0.4, 0.5) is 0 Å². The number of ether oxygens (including phenoxy) is 2. The van der Waals surface area contributed by atoms with E-state index in [0.717, 1.165) is 5.56 Å². The van der Waals surface area contributed by atoms with Crippen LogP contribution in [0, 0.1) is 6.92 Å². The van der Waals surface area contributed by atoms with E-state index < -0.39 is 11.8 Å². The molecule has 0 bridgehead atoms. The number of likely N-dealkylation sites (tertiary alicyclic amines) is 1. The number of nitrogens with one attached hydrogen (secondary N) is 1. The van der Waals surface area contributed by atoms with Gasteiger partial charge < -0.3 is 24.6 Å². The molecule has 0 radical (unpaired) electrons. The number of methoxy groups -OCH3 is 1. The molecule has 0 aromatic heterocycles. The molecule has 2 heterocycles. The lowest BCUT2D eigenvalue weighted by molar-refractivity contribution is -0.128. The van der Waals surface area contributed by atoms with Gasteiger partial charge in [-0.2, -0.15) is 0 Å². The first-order chi connectivity index (χ1) is 17.7. The van der Waals surface area contributed by atoms with E-state index in [1.54, 1.807) is 47.2 Å². The molecule has 2 aromatic carbocycles. The molecule has 9 heteroatoms. The maximum absolute atomic E-state index is 13.8. The maximum atomic E-state index is 13.8. The molecule has 1 unspecified atom stereocenters. The average Bonchev–Trinajstić information content (AvgIpc) is 3.26. The van der Waals surface area contributed by atoms with E-state index in [1.165, 1.54) is 0 Å². The summed E-state index contributed by atoms with van der Waals surface area (Å²) in [5.74, 6) is 0.152. The van der Waals surface area contributed by atoms with Crippen LogP contribution >= 0.6 is 0 Å². The van der Waals surface area contributed by atoms with Gasteiger partial charge >= 0.3 is 0 Å². The summed E-state index contributed by atoms with van der Waals surface area (Å²) in [7, 11) is 5.46. The standard InChI is InChI=1S/C28H36N4O5/c1-20-6-5-7-22(18-20)27(35)32-24(25(33)29-14-17-30(2)3)19-37-28(32)12-15-31(16-13-28)26(34)21-8-10-23(36-4)11-9-21/h5-11,18,24H,12-17,19H2,1-4H3,(H,29,33). The van der Waals surface area contributed by atoms with Crippen molar-refractivity contribution in [3.8, 4) is 5.75 Å². The van der Waals surface area contributed by atoms with Crippen molar-refractivity contribution < 1.29 is 23.9 Å². The van der Waals surface area contributed by atoms with Crippen LogP contribution in [-0.2, 0) is 9.53 Å². The highest BCUT2D eigenvalue weighted by atomic mass is 16.5. The zero-order valence-electron chi connectivity index (χ0n) is 22.0. The van der Waals surface area contributed by atoms with Gasteiger partial charge in [0.05, 0.1) is 13.7 Å². The van der Waals surface area contributed by atoms with Crippen molar-refractivity contribution in [2.24, 2.45) is 0 Å². The van der Waals surface area contributed by atoms with E-state index in [4.69, 9.17) is 9.47 Å². The number of amides is 3. The molecular weight excluding hydrogens is 472 g/mol. The van der Waals surface area contributed by atoms with E-state index in [2.05, 4.69) is 5.32 Å². The first-order valence-corrected chi connectivity index (χ1v) is 12.6. The summed E-state index contributed by atoms with van der Waals surface area (Å²) in [6, 6.07) is 13.7. The van der Waals surface area contributed by atoms with Crippen LogP contribution in [0.1, 0.15) is 39.1 Å². The quantitative estimate of drug-likeness (QED) is 0.617. The van der Waals surface area contributed by atoms with Crippen LogP contribution in [0.15, 0.2) is 48.5 Å². The second-order valence-corrected chi connectivity index (χ2v) is 9.93. The zero-order chi connectivity index (χ0) is 26.6. The summed E-state index contributed by atoms with van der Waals surface area (Å²) in [5, 5.41) is 2.95. The summed E-state index contributed by atoms with van der Waals surface area (Å²) >= 11 is 0. The van der Waals surface area contributed by atoms with E-state index >= 15 is 0 Å². The molecule has 2 fully saturated rings. The molecule has 9 nitrogen and oxygen atoms in total. The van der Waals surface area contributed by atoms with Gasteiger partial charge in [0.25, 0.3) is 11.8 Å². The SMILES string of the molecule is COc1ccc(C(=O)N2CCC3(CC2)OCC(C(=O)NCCN(C)C)N3C(=O)c2cccc(C)c2)cc1. The van der Waals surface area contributed by atoms with Gasteiger partial charge in [0.2, 0.25) is 5.91 Å². The van der Waals surface area contributed by atoms with Crippen LogP contribution in [0.2, 0.25) is 0 Å². The van der Waals surface area contributed by atoms with E-state index in [0.29, 0.717) is 55.9 Å². The van der Waals surface area contributed by atoms with Gasteiger partial charge in [-0.3, -0.25) is 19.3 Å². The number of likely N-dealkylation sites (N-methyl/N-ethyl adjacent to an activating group) is 1. The van der Waals surface area contributed by atoms with Crippen molar-refractivity contribution >= 4 is 17.7 Å². The van der Waals surface area contributed by atoms with Crippen LogP contribution in [0.3, 0.4) is 0 Å². The lowest BCUT2D eigenvalue weighted by atomic mass is 9.95. The maximum Gasteiger partial charge on any atom is 0.256 e. The molecule has 2 saturated heterocycles. The van der Waals surface area contributed by atoms with Crippen molar-refractivity contribution in [2.75, 3.05) is 54.0 Å². The highest BCUT2D eigenvalue weighted by molar-refractivity contribution is 5.99. The molecule has 2 aromatic rings. The molecule has 0 aliphatic carbocycles. The molecule has 1 atom stereocenters. The number of rotatable bonds is 7. The van der Waals surface area contributed by atoms with Gasteiger partial charge in [0.15, 0.2) is 0 Å². The molecule has 3 amide bonds. The van der Waals surface area contributed by atoms with Crippen molar-refractivity contribution in [3.05, 3.63) is 65.2 Å². The summed E-state index contributed by atoms with van der Waals surface area (Å²) in [6.07, 6.45) is 0.849. The highest BCUT2D eigenvalue weighted by Crippen LogP contribution is 2.39. The number of hydrogen-bond donors (Lipinski definition) is 1. The Labute approximate surface area is 218 Å². The lowest BCUT2D eigenvalue weighted by Crippen LogP contribution is -2.60. The van der Waals surface area contributed by atoms with Gasteiger partial charge in [-0.15, -0.1) is 0 Å². The average molecular weight is 509 g/mol. The highest BCUT2D eigenvalue weighted by Gasteiger charge is 2.54. The third-order valence-corrected chi connectivity index (χ3v) is 7.07. The van der Waals surface area contributed by atoms with Crippen LogP contribution in [0.25, 0.3) is 0 Å². The number of carbonyl (C=O) groups excluding carboxylic acids is 3. The van der Waals surface area contributed by atoms with Gasteiger partial charge in [-0.05, 0) is 57.4 Å². The third-order valence-electron chi connectivity index (χ3n) is 7.07. The molecular formula is C28H36N4O5. The number of piperidine rings is 1. The third kappa shape index (κ3) is 5.78. The first kappa shape index (κ1) is 26.6.